The van der Waals surface area contributed by atoms with Crippen molar-refractivity contribution in [2.45, 2.75) is 58.7 Å². The first-order valence-corrected chi connectivity index (χ1v) is 5.73. The Labute approximate surface area is 97.0 Å². The summed E-state index contributed by atoms with van der Waals surface area (Å²) in [4.78, 5) is 10.5. The fraction of sp³-hybridized carbons (Fsp3) is 0.917. The number of ether oxygens (including phenoxy) is 1. The molecule has 0 saturated carbocycles. The van der Waals surface area contributed by atoms with Gasteiger partial charge < -0.3 is 9.84 Å². The molecule has 0 bridgehead atoms. The Morgan fingerprint density at radius 3 is 2.38 bits per heavy atom. The predicted molar refractivity (Wildman–Crippen MR) is 60.8 cm³/mol. The van der Waals surface area contributed by atoms with Crippen molar-refractivity contribution in [2.75, 3.05) is 6.61 Å². The van der Waals surface area contributed by atoms with Crippen LogP contribution in [-0.4, -0.2) is 29.5 Å². The third-order valence-corrected chi connectivity index (χ3v) is 2.60. The lowest BCUT2D eigenvalue weighted by Gasteiger charge is -2.23. The van der Waals surface area contributed by atoms with E-state index in [0.29, 0.717) is 25.4 Å². The number of halogens is 1. The number of rotatable bonds is 7. The molecule has 2 unspecified atom stereocenters. The van der Waals surface area contributed by atoms with Gasteiger partial charge in [-0.1, -0.05) is 6.92 Å². The minimum atomic E-state index is -1.27. The number of carbonyl (C=O) groups excluding carboxylic acids is 1. The van der Waals surface area contributed by atoms with E-state index in [0.717, 1.165) is 6.42 Å². The molecule has 16 heavy (non-hydrogen) atoms. The van der Waals surface area contributed by atoms with Gasteiger partial charge in [-0.3, -0.25) is 4.79 Å². The molecule has 4 heteroatoms. The molecule has 0 aliphatic heterocycles. The zero-order valence-corrected chi connectivity index (χ0v) is 10.6. The lowest BCUT2D eigenvalue weighted by atomic mass is 9.94. The summed E-state index contributed by atoms with van der Waals surface area (Å²) in [5.74, 6) is 0.00649. The smallest absolute Gasteiger partial charge is 0.302 e. The van der Waals surface area contributed by atoms with Crippen molar-refractivity contribution >= 4 is 5.97 Å². The standard InChI is InChI=1S/C12H23FO3/c1-9(7-8-16-10(2)14)5-6-11(13)12(3,4)15/h9,11,15H,5-8H2,1-4H3. The number of hydrogen-bond donors (Lipinski definition) is 1. The van der Waals surface area contributed by atoms with Gasteiger partial charge in [-0.2, -0.15) is 0 Å². The molecule has 0 aliphatic carbocycles. The highest BCUT2D eigenvalue weighted by molar-refractivity contribution is 5.65. The van der Waals surface area contributed by atoms with Crippen LogP contribution >= 0.6 is 0 Å². The molecular formula is C12H23FO3. The summed E-state index contributed by atoms with van der Waals surface area (Å²) in [6.07, 6.45) is 0.554. The Morgan fingerprint density at radius 2 is 1.94 bits per heavy atom. The first kappa shape index (κ1) is 15.4. The van der Waals surface area contributed by atoms with Crippen molar-refractivity contribution in [1.29, 1.82) is 0 Å². The number of aliphatic hydroxyl groups is 1. The molecule has 0 aliphatic rings. The van der Waals surface area contributed by atoms with Gasteiger partial charge in [-0.05, 0) is 39.0 Å². The van der Waals surface area contributed by atoms with Gasteiger partial charge in [0.15, 0.2) is 0 Å². The van der Waals surface area contributed by atoms with E-state index in [9.17, 15) is 14.3 Å². The molecule has 0 rings (SSSR count). The van der Waals surface area contributed by atoms with Gasteiger partial charge >= 0.3 is 5.97 Å². The fourth-order valence-electron chi connectivity index (χ4n) is 1.33. The van der Waals surface area contributed by atoms with Crippen LogP contribution in [0, 0.1) is 5.92 Å². The van der Waals surface area contributed by atoms with Gasteiger partial charge in [0.05, 0.1) is 12.2 Å². The molecule has 0 fully saturated rings. The van der Waals surface area contributed by atoms with E-state index in [-0.39, 0.29) is 5.97 Å². The SMILES string of the molecule is CC(=O)OCCC(C)CCC(F)C(C)(C)O. The van der Waals surface area contributed by atoms with Gasteiger partial charge in [-0.15, -0.1) is 0 Å². The Hall–Kier alpha value is -0.640. The zero-order valence-electron chi connectivity index (χ0n) is 10.6. The van der Waals surface area contributed by atoms with Gasteiger partial charge in [-0.25, -0.2) is 4.39 Å². The predicted octanol–water partition coefficient (Wildman–Crippen LogP) is 2.46. The summed E-state index contributed by atoms with van der Waals surface area (Å²) in [6, 6.07) is 0. The Kier molecular flexibility index (Phi) is 6.56. The van der Waals surface area contributed by atoms with E-state index < -0.39 is 11.8 Å². The van der Waals surface area contributed by atoms with Crippen molar-refractivity contribution in [3.63, 3.8) is 0 Å². The molecule has 0 radical (unpaired) electrons. The second-order valence-corrected chi connectivity index (χ2v) is 4.93. The normalized spacial score (nSPS) is 15.6. The van der Waals surface area contributed by atoms with Crippen LogP contribution in [0.4, 0.5) is 4.39 Å². The fourth-order valence-corrected chi connectivity index (χ4v) is 1.33. The third-order valence-electron chi connectivity index (χ3n) is 2.60. The second-order valence-electron chi connectivity index (χ2n) is 4.93. The minimum Gasteiger partial charge on any atom is -0.466 e. The molecule has 1 N–H and O–H groups in total. The highest BCUT2D eigenvalue weighted by Crippen LogP contribution is 2.21. The third kappa shape index (κ3) is 7.63. The first-order valence-electron chi connectivity index (χ1n) is 5.73. The van der Waals surface area contributed by atoms with Crippen molar-refractivity contribution in [2.24, 2.45) is 5.92 Å². The average Bonchev–Trinajstić information content (AvgIpc) is 2.11. The molecule has 0 amide bonds. The summed E-state index contributed by atoms with van der Waals surface area (Å²) in [5, 5.41) is 9.40. The van der Waals surface area contributed by atoms with Crippen LogP contribution in [0.3, 0.4) is 0 Å². The Bertz CT molecular complexity index is 211. The molecular weight excluding hydrogens is 211 g/mol. The lowest BCUT2D eigenvalue weighted by molar-refractivity contribution is -0.141. The van der Waals surface area contributed by atoms with Crippen LogP contribution < -0.4 is 0 Å². The van der Waals surface area contributed by atoms with Gasteiger partial charge in [0.25, 0.3) is 0 Å². The molecule has 3 nitrogen and oxygen atoms in total. The zero-order chi connectivity index (χ0) is 12.8. The topological polar surface area (TPSA) is 46.5 Å². The van der Waals surface area contributed by atoms with Crippen molar-refractivity contribution in [3.05, 3.63) is 0 Å². The highest BCUT2D eigenvalue weighted by atomic mass is 19.1. The van der Waals surface area contributed by atoms with Crippen LogP contribution in [0.1, 0.15) is 47.0 Å². The second kappa shape index (κ2) is 6.84. The largest absolute Gasteiger partial charge is 0.466 e. The van der Waals surface area contributed by atoms with E-state index in [4.69, 9.17) is 4.74 Å². The Morgan fingerprint density at radius 1 is 1.38 bits per heavy atom. The monoisotopic (exact) mass is 234 g/mol. The molecule has 2 atom stereocenters. The number of alkyl halides is 1. The Balaban J connectivity index is 3.65. The number of carbonyl (C=O) groups is 1. The summed E-state index contributed by atoms with van der Waals surface area (Å²) in [5.41, 5.74) is -1.27. The molecule has 0 saturated heterocycles. The van der Waals surface area contributed by atoms with Crippen LogP contribution in [0.15, 0.2) is 0 Å². The molecule has 0 spiro atoms. The van der Waals surface area contributed by atoms with Gasteiger partial charge in [0, 0.05) is 6.92 Å². The van der Waals surface area contributed by atoms with Gasteiger partial charge in [0.1, 0.15) is 6.17 Å². The van der Waals surface area contributed by atoms with E-state index in [1.807, 2.05) is 6.92 Å². The maximum absolute atomic E-state index is 13.4. The minimum absolute atomic E-state index is 0.285. The molecule has 0 heterocycles. The van der Waals surface area contributed by atoms with E-state index in [2.05, 4.69) is 0 Å². The van der Waals surface area contributed by atoms with E-state index in [1.165, 1.54) is 20.8 Å². The number of esters is 1. The van der Waals surface area contributed by atoms with E-state index >= 15 is 0 Å². The summed E-state index contributed by atoms with van der Waals surface area (Å²) in [6.45, 7) is 6.69. The average molecular weight is 234 g/mol. The summed E-state index contributed by atoms with van der Waals surface area (Å²) < 4.78 is 18.2. The van der Waals surface area contributed by atoms with Crippen LogP contribution in [0.2, 0.25) is 0 Å². The lowest BCUT2D eigenvalue weighted by Crippen LogP contribution is -2.32. The van der Waals surface area contributed by atoms with Crippen molar-refractivity contribution in [3.8, 4) is 0 Å². The summed E-state index contributed by atoms with van der Waals surface area (Å²) in [7, 11) is 0. The first-order chi connectivity index (χ1) is 7.23. The van der Waals surface area contributed by atoms with Gasteiger partial charge in [0.2, 0.25) is 0 Å². The maximum Gasteiger partial charge on any atom is 0.302 e. The van der Waals surface area contributed by atoms with E-state index in [1.54, 1.807) is 0 Å². The van der Waals surface area contributed by atoms with Crippen LogP contribution in [0.25, 0.3) is 0 Å². The quantitative estimate of drug-likeness (QED) is 0.688. The molecule has 0 aromatic rings. The van der Waals surface area contributed by atoms with Crippen molar-refractivity contribution < 1.29 is 19.0 Å². The molecule has 0 aromatic carbocycles. The molecule has 96 valence electrons. The summed E-state index contributed by atoms with van der Waals surface area (Å²) >= 11 is 0. The van der Waals surface area contributed by atoms with Crippen LogP contribution in [0.5, 0.6) is 0 Å². The molecule has 0 aromatic heterocycles. The highest BCUT2D eigenvalue weighted by Gasteiger charge is 2.26. The van der Waals surface area contributed by atoms with Crippen LogP contribution in [-0.2, 0) is 9.53 Å². The number of hydrogen-bond acceptors (Lipinski definition) is 3. The van der Waals surface area contributed by atoms with Crippen molar-refractivity contribution in [1.82, 2.24) is 0 Å². The maximum atomic E-state index is 13.4.